The molecule has 0 bridgehead atoms. The molecule has 7 nitrogen and oxygen atoms in total. The van der Waals surface area contributed by atoms with E-state index in [2.05, 4.69) is 16.2 Å². The van der Waals surface area contributed by atoms with Crippen LogP contribution in [0.2, 0.25) is 5.02 Å². The molecule has 0 heterocycles. The van der Waals surface area contributed by atoms with E-state index >= 15 is 0 Å². The smallest absolute Gasteiger partial charge is 0.276 e. The molecule has 3 N–H and O–H groups in total. The number of halogens is 1. The van der Waals surface area contributed by atoms with Crippen LogP contribution in [0.3, 0.4) is 0 Å². The van der Waals surface area contributed by atoms with Gasteiger partial charge in [-0.2, -0.15) is 0 Å². The Morgan fingerprint density at radius 1 is 0.848 bits per heavy atom. The summed E-state index contributed by atoms with van der Waals surface area (Å²) in [4.78, 5) is 24.3. The lowest BCUT2D eigenvalue weighted by Gasteiger charge is -2.12. The third-order valence-corrected chi connectivity index (χ3v) is 4.78. The van der Waals surface area contributed by atoms with E-state index in [-0.39, 0.29) is 11.7 Å². The molecule has 0 saturated carbocycles. The fraction of sp³-hybridized carbons (Fsp3) is 0.125. The molecule has 0 fully saturated rings. The van der Waals surface area contributed by atoms with Gasteiger partial charge in [0.15, 0.2) is 11.7 Å². The minimum Gasteiger partial charge on any atom is -0.493 e. The Morgan fingerprint density at radius 2 is 1.61 bits per heavy atom. The Balaban J connectivity index is 1.39. The maximum atomic E-state index is 12.4. The standard InChI is InChI=1S/C24H22ClN3O4S/c25-19-9-11-20(12-10-19)32-16-22(29)27-28-24(33)26-23(30)18-7-4-8-21(15-18)31-14-13-17-5-2-1-3-6-17/h1-12,15H,13-14,16H2,(H,27,29)(H2,26,28,30,33). The Morgan fingerprint density at radius 3 is 2.36 bits per heavy atom. The van der Waals surface area contributed by atoms with Crippen LogP contribution in [-0.2, 0) is 11.2 Å². The summed E-state index contributed by atoms with van der Waals surface area (Å²) in [6, 6.07) is 23.3. The first kappa shape index (κ1) is 24.0. The van der Waals surface area contributed by atoms with Crippen LogP contribution in [0.15, 0.2) is 78.9 Å². The topological polar surface area (TPSA) is 88.7 Å². The fourth-order valence-electron chi connectivity index (χ4n) is 2.71. The van der Waals surface area contributed by atoms with Crippen molar-refractivity contribution in [3.63, 3.8) is 0 Å². The summed E-state index contributed by atoms with van der Waals surface area (Å²) in [5.74, 6) is 0.157. The van der Waals surface area contributed by atoms with Crippen molar-refractivity contribution in [2.24, 2.45) is 0 Å². The third-order valence-electron chi connectivity index (χ3n) is 4.32. The maximum absolute atomic E-state index is 12.4. The van der Waals surface area contributed by atoms with E-state index in [0.717, 1.165) is 6.42 Å². The highest BCUT2D eigenvalue weighted by atomic mass is 35.5. The molecule has 0 spiro atoms. The van der Waals surface area contributed by atoms with Gasteiger partial charge >= 0.3 is 0 Å². The third kappa shape index (κ3) is 8.44. The number of carbonyl (C=O) groups is 2. The second kappa shape index (κ2) is 12.4. The van der Waals surface area contributed by atoms with Crippen molar-refractivity contribution in [2.45, 2.75) is 6.42 Å². The number of rotatable bonds is 8. The molecular weight excluding hydrogens is 462 g/mol. The molecular formula is C24H22ClN3O4S. The number of benzene rings is 3. The van der Waals surface area contributed by atoms with E-state index in [1.54, 1.807) is 48.5 Å². The predicted molar refractivity (Wildman–Crippen MR) is 130 cm³/mol. The monoisotopic (exact) mass is 483 g/mol. The number of hydrazine groups is 1. The number of nitrogens with one attached hydrogen (secondary N) is 3. The van der Waals surface area contributed by atoms with E-state index in [0.29, 0.717) is 28.7 Å². The van der Waals surface area contributed by atoms with Gasteiger partial charge in [0.05, 0.1) is 6.61 Å². The molecule has 3 aromatic rings. The highest BCUT2D eigenvalue weighted by molar-refractivity contribution is 7.80. The van der Waals surface area contributed by atoms with E-state index < -0.39 is 11.8 Å². The lowest BCUT2D eigenvalue weighted by molar-refractivity contribution is -0.123. The summed E-state index contributed by atoms with van der Waals surface area (Å²) in [6.45, 7) is 0.243. The van der Waals surface area contributed by atoms with Gasteiger partial charge < -0.3 is 9.47 Å². The normalized spacial score (nSPS) is 10.1. The summed E-state index contributed by atoms with van der Waals surface area (Å²) in [5, 5.41) is 3.00. The van der Waals surface area contributed by atoms with E-state index in [9.17, 15) is 9.59 Å². The molecule has 3 aromatic carbocycles. The second-order valence-corrected chi connectivity index (χ2v) is 7.66. The van der Waals surface area contributed by atoms with E-state index in [1.165, 1.54) is 5.56 Å². The number of hydrogen-bond donors (Lipinski definition) is 3. The first-order valence-electron chi connectivity index (χ1n) is 10.0. The summed E-state index contributed by atoms with van der Waals surface area (Å²) in [5.41, 5.74) is 6.36. The van der Waals surface area contributed by atoms with Crippen LogP contribution in [-0.4, -0.2) is 30.1 Å². The zero-order chi connectivity index (χ0) is 23.5. The summed E-state index contributed by atoms with van der Waals surface area (Å²) >= 11 is 10.9. The van der Waals surface area contributed by atoms with Crippen LogP contribution in [0, 0.1) is 0 Å². The van der Waals surface area contributed by atoms with Crippen LogP contribution >= 0.6 is 23.8 Å². The first-order valence-corrected chi connectivity index (χ1v) is 10.8. The molecule has 170 valence electrons. The molecule has 0 saturated heterocycles. The fourth-order valence-corrected chi connectivity index (χ4v) is 2.98. The van der Waals surface area contributed by atoms with Crippen molar-refractivity contribution in [3.05, 3.63) is 95.0 Å². The maximum Gasteiger partial charge on any atom is 0.276 e. The molecule has 3 rings (SSSR count). The van der Waals surface area contributed by atoms with Crippen LogP contribution in [0.1, 0.15) is 15.9 Å². The SMILES string of the molecule is O=C(COc1ccc(Cl)cc1)NNC(=S)NC(=O)c1cccc(OCCc2ccccc2)c1. The summed E-state index contributed by atoms with van der Waals surface area (Å²) < 4.78 is 11.1. The number of hydrogen-bond acceptors (Lipinski definition) is 5. The van der Waals surface area contributed by atoms with Gasteiger partial charge in [0, 0.05) is 17.0 Å². The minimum absolute atomic E-state index is 0.0600. The van der Waals surface area contributed by atoms with Gasteiger partial charge in [0.25, 0.3) is 11.8 Å². The second-order valence-electron chi connectivity index (χ2n) is 6.81. The van der Waals surface area contributed by atoms with Gasteiger partial charge in [-0.3, -0.25) is 25.8 Å². The molecule has 0 unspecified atom stereocenters. The molecule has 33 heavy (non-hydrogen) atoms. The molecule has 2 amide bonds. The molecule has 0 aliphatic heterocycles. The average molecular weight is 484 g/mol. The number of carbonyl (C=O) groups excluding carboxylic acids is 2. The summed E-state index contributed by atoms with van der Waals surface area (Å²) in [6.07, 6.45) is 0.757. The van der Waals surface area contributed by atoms with Gasteiger partial charge in [-0.25, -0.2) is 0 Å². The average Bonchev–Trinajstić information content (AvgIpc) is 2.83. The Bertz CT molecular complexity index is 1090. The lowest BCUT2D eigenvalue weighted by Crippen LogP contribution is -2.49. The zero-order valence-electron chi connectivity index (χ0n) is 17.5. The minimum atomic E-state index is -0.477. The van der Waals surface area contributed by atoms with E-state index in [1.807, 2.05) is 30.3 Å². The predicted octanol–water partition coefficient (Wildman–Crippen LogP) is 3.68. The van der Waals surface area contributed by atoms with Crippen LogP contribution in [0.5, 0.6) is 11.5 Å². The molecule has 0 aromatic heterocycles. The summed E-state index contributed by atoms with van der Waals surface area (Å²) in [7, 11) is 0. The molecule has 0 radical (unpaired) electrons. The largest absolute Gasteiger partial charge is 0.493 e. The van der Waals surface area contributed by atoms with Crippen molar-refractivity contribution in [2.75, 3.05) is 13.2 Å². The van der Waals surface area contributed by atoms with Crippen LogP contribution in [0.25, 0.3) is 0 Å². The van der Waals surface area contributed by atoms with Gasteiger partial charge in [0.1, 0.15) is 11.5 Å². The number of amides is 2. The highest BCUT2D eigenvalue weighted by Gasteiger charge is 2.10. The quantitative estimate of drug-likeness (QED) is 0.334. The van der Waals surface area contributed by atoms with Crippen molar-refractivity contribution in [1.82, 2.24) is 16.2 Å². The first-order chi connectivity index (χ1) is 16.0. The number of ether oxygens (including phenoxy) is 2. The molecule has 0 atom stereocenters. The van der Waals surface area contributed by atoms with E-state index in [4.69, 9.17) is 33.3 Å². The van der Waals surface area contributed by atoms with Crippen molar-refractivity contribution >= 4 is 40.7 Å². The van der Waals surface area contributed by atoms with Gasteiger partial charge in [-0.05, 0) is 60.2 Å². The van der Waals surface area contributed by atoms with Gasteiger partial charge in [-0.1, -0.05) is 48.0 Å². The Labute approximate surface area is 202 Å². The molecule has 0 aliphatic carbocycles. The Kier molecular flexibility index (Phi) is 9.05. The van der Waals surface area contributed by atoms with Crippen molar-refractivity contribution < 1.29 is 19.1 Å². The molecule has 0 aliphatic rings. The highest BCUT2D eigenvalue weighted by Crippen LogP contribution is 2.15. The van der Waals surface area contributed by atoms with Gasteiger partial charge in [-0.15, -0.1) is 0 Å². The Hall–Kier alpha value is -3.62. The van der Waals surface area contributed by atoms with Gasteiger partial charge in [0.2, 0.25) is 0 Å². The lowest BCUT2D eigenvalue weighted by atomic mass is 10.2. The van der Waals surface area contributed by atoms with Crippen molar-refractivity contribution in [3.8, 4) is 11.5 Å². The van der Waals surface area contributed by atoms with Crippen molar-refractivity contribution in [1.29, 1.82) is 0 Å². The number of thiocarbonyl (C=S) groups is 1. The molecule has 9 heteroatoms. The van der Waals surface area contributed by atoms with Crippen LogP contribution in [0.4, 0.5) is 0 Å². The zero-order valence-corrected chi connectivity index (χ0v) is 19.1. The van der Waals surface area contributed by atoms with Crippen LogP contribution < -0.4 is 25.6 Å².